The summed E-state index contributed by atoms with van der Waals surface area (Å²) in [7, 11) is 0. The van der Waals surface area contributed by atoms with E-state index < -0.39 is 0 Å². The molecule has 0 radical (unpaired) electrons. The Hall–Kier alpha value is -2.96. The number of H-pyrrole nitrogens is 1. The largest absolute Gasteiger partial charge is 0.328 e. The van der Waals surface area contributed by atoms with Crippen molar-refractivity contribution in [3.8, 4) is 0 Å². The molecule has 1 saturated heterocycles. The average Bonchev–Trinajstić information content (AvgIpc) is 3.35. The van der Waals surface area contributed by atoms with Gasteiger partial charge in [-0.05, 0) is 57.4 Å². The van der Waals surface area contributed by atoms with Gasteiger partial charge < -0.3 is 4.90 Å². The van der Waals surface area contributed by atoms with E-state index >= 15 is 0 Å². The number of hydrogen-bond acceptors (Lipinski definition) is 4. The lowest BCUT2D eigenvalue weighted by atomic mass is 10.1. The zero-order chi connectivity index (χ0) is 19.0. The number of hydrogen-bond donors (Lipinski definition) is 1. The summed E-state index contributed by atoms with van der Waals surface area (Å²) in [4.78, 5) is 19.3. The summed E-state index contributed by atoms with van der Waals surface area (Å²) >= 11 is 0. The van der Waals surface area contributed by atoms with Crippen molar-refractivity contribution in [1.29, 1.82) is 0 Å². The van der Waals surface area contributed by atoms with Gasteiger partial charge in [0.05, 0.1) is 18.3 Å². The summed E-state index contributed by atoms with van der Waals surface area (Å²) in [5.41, 5.74) is 3.97. The van der Waals surface area contributed by atoms with Gasteiger partial charge in [0.25, 0.3) is 5.91 Å². The van der Waals surface area contributed by atoms with Gasteiger partial charge >= 0.3 is 0 Å². The predicted octanol–water partition coefficient (Wildman–Crippen LogP) is 2.95. The Morgan fingerprint density at radius 1 is 1.22 bits per heavy atom. The first kappa shape index (κ1) is 17.5. The lowest BCUT2D eigenvalue weighted by Gasteiger charge is -2.22. The highest BCUT2D eigenvalue weighted by Gasteiger charge is 2.33. The molecule has 0 aliphatic carbocycles. The SMILES string of the molecule is Cc1cc(C)n(Cc2ccc(C(=O)N3CCC[C@@H]3c3n[nH]c(C)n3)cc2)n1. The fourth-order valence-electron chi connectivity index (χ4n) is 3.71. The van der Waals surface area contributed by atoms with Crippen LogP contribution in [0.1, 0.15) is 57.8 Å². The molecule has 1 atom stereocenters. The van der Waals surface area contributed by atoms with E-state index in [1.165, 1.54) is 0 Å². The number of aromatic nitrogens is 5. The van der Waals surface area contributed by atoms with E-state index in [2.05, 4.69) is 33.3 Å². The lowest BCUT2D eigenvalue weighted by Crippen LogP contribution is -2.31. The molecule has 0 bridgehead atoms. The van der Waals surface area contributed by atoms with Crippen molar-refractivity contribution in [2.45, 2.75) is 46.2 Å². The normalized spacial score (nSPS) is 16.9. The highest BCUT2D eigenvalue weighted by Crippen LogP contribution is 2.31. The Kier molecular flexibility index (Phi) is 4.51. The van der Waals surface area contributed by atoms with Gasteiger partial charge in [0, 0.05) is 17.8 Å². The molecule has 7 nitrogen and oxygen atoms in total. The van der Waals surface area contributed by atoms with E-state index in [0.717, 1.165) is 42.2 Å². The number of nitrogens with zero attached hydrogens (tertiary/aromatic N) is 5. The minimum absolute atomic E-state index is 0.0395. The molecule has 140 valence electrons. The van der Waals surface area contributed by atoms with Gasteiger partial charge in [0.15, 0.2) is 5.82 Å². The molecule has 3 aromatic rings. The van der Waals surface area contributed by atoms with Crippen molar-refractivity contribution in [2.75, 3.05) is 6.54 Å². The first-order valence-corrected chi connectivity index (χ1v) is 9.31. The smallest absolute Gasteiger partial charge is 0.254 e. The molecule has 4 rings (SSSR count). The number of likely N-dealkylation sites (tertiary alicyclic amines) is 1. The van der Waals surface area contributed by atoms with Crippen LogP contribution >= 0.6 is 0 Å². The van der Waals surface area contributed by atoms with E-state index in [-0.39, 0.29) is 11.9 Å². The molecular formula is C20H24N6O. The summed E-state index contributed by atoms with van der Waals surface area (Å²) < 4.78 is 1.98. The third-order valence-electron chi connectivity index (χ3n) is 5.06. The standard InChI is InChI=1S/C20H24N6O/c1-13-11-14(2)26(24-13)12-16-6-8-17(9-7-16)20(27)25-10-4-5-18(25)19-21-15(3)22-23-19/h6-9,11,18H,4-5,10,12H2,1-3H3,(H,21,22,23)/t18-/m1/s1. The number of carbonyl (C=O) groups is 1. The minimum atomic E-state index is -0.0446. The van der Waals surface area contributed by atoms with E-state index in [0.29, 0.717) is 17.9 Å². The van der Waals surface area contributed by atoms with Crippen LogP contribution in [-0.4, -0.2) is 42.3 Å². The molecule has 27 heavy (non-hydrogen) atoms. The van der Waals surface area contributed by atoms with Crippen molar-refractivity contribution in [3.63, 3.8) is 0 Å². The summed E-state index contributed by atoms with van der Waals surface area (Å²) in [5.74, 6) is 1.52. The Morgan fingerprint density at radius 2 is 2.00 bits per heavy atom. The molecule has 3 heterocycles. The molecule has 2 aromatic heterocycles. The molecular weight excluding hydrogens is 340 g/mol. The first-order valence-electron chi connectivity index (χ1n) is 9.31. The molecule has 1 amide bonds. The van der Waals surface area contributed by atoms with Crippen molar-refractivity contribution in [3.05, 3.63) is 64.5 Å². The highest BCUT2D eigenvalue weighted by atomic mass is 16.2. The Bertz CT molecular complexity index is 955. The maximum Gasteiger partial charge on any atom is 0.254 e. The second kappa shape index (κ2) is 6.98. The van der Waals surface area contributed by atoms with Crippen LogP contribution in [0, 0.1) is 20.8 Å². The molecule has 7 heteroatoms. The van der Waals surface area contributed by atoms with Gasteiger partial charge in [-0.2, -0.15) is 10.2 Å². The van der Waals surface area contributed by atoms with Gasteiger partial charge in [-0.1, -0.05) is 12.1 Å². The first-order chi connectivity index (χ1) is 13.0. The second-order valence-corrected chi connectivity index (χ2v) is 7.22. The van der Waals surface area contributed by atoms with E-state index in [9.17, 15) is 4.79 Å². The fourth-order valence-corrected chi connectivity index (χ4v) is 3.71. The number of nitrogens with one attached hydrogen (secondary N) is 1. The number of benzene rings is 1. The molecule has 1 N–H and O–H groups in total. The van der Waals surface area contributed by atoms with Crippen LogP contribution in [-0.2, 0) is 6.54 Å². The van der Waals surface area contributed by atoms with Crippen molar-refractivity contribution in [1.82, 2.24) is 29.9 Å². The van der Waals surface area contributed by atoms with E-state index in [1.807, 2.05) is 47.7 Å². The minimum Gasteiger partial charge on any atom is -0.328 e. The third-order valence-corrected chi connectivity index (χ3v) is 5.06. The Morgan fingerprint density at radius 3 is 2.63 bits per heavy atom. The summed E-state index contributed by atoms with van der Waals surface area (Å²) in [6.45, 7) is 7.37. The van der Waals surface area contributed by atoms with Crippen molar-refractivity contribution in [2.24, 2.45) is 0 Å². The van der Waals surface area contributed by atoms with Crippen LogP contribution in [0.25, 0.3) is 0 Å². The topological polar surface area (TPSA) is 79.7 Å². The third kappa shape index (κ3) is 3.49. The van der Waals surface area contributed by atoms with Gasteiger partial charge in [0.2, 0.25) is 0 Å². The molecule has 0 saturated carbocycles. The summed E-state index contributed by atoms with van der Waals surface area (Å²) in [5, 5.41) is 11.6. The maximum atomic E-state index is 13.0. The number of amides is 1. The van der Waals surface area contributed by atoms with Crippen LogP contribution in [0.15, 0.2) is 30.3 Å². The van der Waals surface area contributed by atoms with Crippen molar-refractivity contribution >= 4 is 5.91 Å². The number of carbonyl (C=O) groups excluding carboxylic acids is 1. The molecule has 1 aromatic carbocycles. The number of aromatic amines is 1. The lowest BCUT2D eigenvalue weighted by molar-refractivity contribution is 0.0730. The van der Waals surface area contributed by atoms with Gasteiger partial charge in [-0.15, -0.1) is 0 Å². The maximum absolute atomic E-state index is 13.0. The molecule has 1 fully saturated rings. The van der Waals surface area contributed by atoms with Gasteiger partial charge in [-0.3, -0.25) is 14.6 Å². The number of aryl methyl sites for hydroxylation is 3. The average molecular weight is 364 g/mol. The zero-order valence-corrected chi connectivity index (χ0v) is 15.9. The Balaban J connectivity index is 1.49. The molecule has 0 unspecified atom stereocenters. The Labute approximate surface area is 158 Å². The van der Waals surface area contributed by atoms with Crippen LogP contribution < -0.4 is 0 Å². The highest BCUT2D eigenvalue weighted by molar-refractivity contribution is 5.94. The zero-order valence-electron chi connectivity index (χ0n) is 15.9. The van der Waals surface area contributed by atoms with E-state index in [4.69, 9.17) is 0 Å². The second-order valence-electron chi connectivity index (χ2n) is 7.22. The van der Waals surface area contributed by atoms with Crippen LogP contribution in [0.3, 0.4) is 0 Å². The van der Waals surface area contributed by atoms with Crippen molar-refractivity contribution < 1.29 is 4.79 Å². The molecule has 1 aliphatic rings. The van der Waals surface area contributed by atoms with Crippen LogP contribution in [0.5, 0.6) is 0 Å². The van der Waals surface area contributed by atoms with Crippen LogP contribution in [0.4, 0.5) is 0 Å². The van der Waals surface area contributed by atoms with Gasteiger partial charge in [0.1, 0.15) is 5.82 Å². The molecule has 0 spiro atoms. The number of rotatable bonds is 4. The monoisotopic (exact) mass is 364 g/mol. The van der Waals surface area contributed by atoms with Gasteiger partial charge in [-0.25, -0.2) is 4.98 Å². The predicted molar refractivity (Wildman–Crippen MR) is 101 cm³/mol. The summed E-state index contributed by atoms with van der Waals surface area (Å²) in [6, 6.07) is 9.84. The fraction of sp³-hybridized carbons (Fsp3) is 0.400. The van der Waals surface area contributed by atoms with E-state index in [1.54, 1.807) is 0 Å². The summed E-state index contributed by atoms with van der Waals surface area (Å²) in [6.07, 6.45) is 1.87. The molecule has 1 aliphatic heterocycles. The quantitative estimate of drug-likeness (QED) is 0.772. The van der Waals surface area contributed by atoms with Crippen LogP contribution in [0.2, 0.25) is 0 Å².